The molecular formula is C14H19NO3. The number of carbonyl (C=O) groups excluding carboxylic acids is 2. The topological polar surface area (TPSA) is 55.4 Å². The van der Waals surface area contributed by atoms with Crippen LogP contribution in [0.4, 0.5) is 5.69 Å². The van der Waals surface area contributed by atoms with E-state index in [-0.39, 0.29) is 11.7 Å². The monoisotopic (exact) mass is 249 g/mol. The smallest absolute Gasteiger partial charge is 0.256 e. The van der Waals surface area contributed by atoms with E-state index in [2.05, 4.69) is 5.32 Å². The van der Waals surface area contributed by atoms with Gasteiger partial charge in [0, 0.05) is 12.7 Å². The Labute approximate surface area is 107 Å². The maximum absolute atomic E-state index is 12.1. The van der Waals surface area contributed by atoms with Gasteiger partial charge in [-0.2, -0.15) is 0 Å². The van der Waals surface area contributed by atoms with Crippen molar-refractivity contribution >= 4 is 17.4 Å². The van der Waals surface area contributed by atoms with Crippen molar-refractivity contribution in [2.24, 2.45) is 0 Å². The predicted octanol–water partition coefficient (Wildman–Crippen LogP) is 2.64. The van der Waals surface area contributed by atoms with Gasteiger partial charge in [-0.3, -0.25) is 9.59 Å². The number of rotatable bonds is 5. The molecular weight excluding hydrogens is 230 g/mol. The lowest BCUT2D eigenvalue weighted by Gasteiger charge is -2.25. The molecule has 0 bridgehead atoms. The van der Waals surface area contributed by atoms with Crippen LogP contribution in [0.15, 0.2) is 24.3 Å². The first-order valence-electron chi connectivity index (χ1n) is 5.91. The Hall–Kier alpha value is -1.68. The van der Waals surface area contributed by atoms with Gasteiger partial charge < -0.3 is 10.1 Å². The first kappa shape index (κ1) is 14.4. The van der Waals surface area contributed by atoms with Crippen LogP contribution in [0, 0.1) is 0 Å². The van der Waals surface area contributed by atoms with Gasteiger partial charge in [0.2, 0.25) is 0 Å². The Balaban J connectivity index is 2.98. The normalized spacial score (nSPS) is 13.8. The Morgan fingerprint density at radius 2 is 1.94 bits per heavy atom. The summed E-state index contributed by atoms with van der Waals surface area (Å²) < 4.78 is 5.22. The highest BCUT2D eigenvalue weighted by molar-refractivity contribution is 6.05. The van der Waals surface area contributed by atoms with Gasteiger partial charge in [0.25, 0.3) is 5.91 Å². The zero-order valence-corrected chi connectivity index (χ0v) is 11.2. The molecule has 0 radical (unpaired) electrons. The molecule has 1 N–H and O–H groups in total. The lowest BCUT2D eigenvalue weighted by Crippen LogP contribution is -2.41. The molecule has 0 aromatic heterocycles. The molecule has 0 aliphatic heterocycles. The van der Waals surface area contributed by atoms with Gasteiger partial charge in [0.1, 0.15) is 5.60 Å². The van der Waals surface area contributed by atoms with Crippen LogP contribution < -0.4 is 5.32 Å². The third kappa shape index (κ3) is 2.96. The van der Waals surface area contributed by atoms with Gasteiger partial charge in [-0.05, 0) is 32.4 Å². The summed E-state index contributed by atoms with van der Waals surface area (Å²) in [7, 11) is 1.50. The number of amides is 1. The van der Waals surface area contributed by atoms with Crippen molar-refractivity contribution < 1.29 is 14.3 Å². The maximum Gasteiger partial charge on any atom is 0.256 e. The van der Waals surface area contributed by atoms with Gasteiger partial charge in [0.15, 0.2) is 5.78 Å². The summed E-state index contributed by atoms with van der Waals surface area (Å²) >= 11 is 0. The fourth-order valence-electron chi connectivity index (χ4n) is 1.55. The number of nitrogens with one attached hydrogen (secondary N) is 1. The average Bonchev–Trinajstić information content (AvgIpc) is 2.38. The third-order valence-corrected chi connectivity index (χ3v) is 3.16. The van der Waals surface area contributed by atoms with E-state index in [4.69, 9.17) is 4.74 Å². The number of ether oxygens (including phenoxy) is 1. The van der Waals surface area contributed by atoms with Crippen molar-refractivity contribution in [2.75, 3.05) is 12.4 Å². The van der Waals surface area contributed by atoms with E-state index in [1.165, 1.54) is 14.0 Å². The standard InChI is InChI=1S/C14H19NO3/c1-5-14(3,18-4)13(17)15-12-9-7-6-8-11(12)10(2)16/h6-9H,5H2,1-4H3,(H,15,17). The Morgan fingerprint density at radius 3 is 2.44 bits per heavy atom. The molecule has 0 fully saturated rings. The summed E-state index contributed by atoms with van der Waals surface area (Å²) in [6, 6.07) is 6.94. The molecule has 4 heteroatoms. The van der Waals surface area contributed by atoms with Crippen LogP contribution >= 0.6 is 0 Å². The number of para-hydroxylation sites is 1. The molecule has 0 saturated heterocycles. The average molecular weight is 249 g/mol. The first-order valence-corrected chi connectivity index (χ1v) is 5.91. The second-order valence-corrected chi connectivity index (χ2v) is 4.34. The summed E-state index contributed by atoms with van der Waals surface area (Å²) in [5, 5.41) is 2.75. The number of methoxy groups -OCH3 is 1. The lowest BCUT2D eigenvalue weighted by atomic mass is 10.0. The van der Waals surface area contributed by atoms with E-state index >= 15 is 0 Å². The van der Waals surface area contributed by atoms with Crippen molar-refractivity contribution in [3.63, 3.8) is 0 Å². The number of hydrogen-bond acceptors (Lipinski definition) is 3. The molecule has 1 aromatic carbocycles. The molecule has 1 atom stereocenters. The molecule has 4 nitrogen and oxygen atoms in total. The van der Waals surface area contributed by atoms with Crippen molar-refractivity contribution in [2.45, 2.75) is 32.8 Å². The highest BCUT2D eigenvalue weighted by Gasteiger charge is 2.31. The Bertz CT molecular complexity index is 450. The lowest BCUT2D eigenvalue weighted by molar-refractivity contribution is -0.136. The van der Waals surface area contributed by atoms with Crippen LogP contribution in [0.25, 0.3) is 0 Å². The molecule has 1 unspecified atom stereocenters. The fraction of sp³-hybridized carbons (Fsp3) is 0.429. The highest BCUT2D eigenvalue weighted by atomic mass is 16.5. The van der Waals surface area contributed by atoms with E-state index in [1.54, 1.807) is 31.2 Å². The van der Waals surface area contributed by atoms with Crippen molar-refractivity contribution in [3.8, 4) is 0 Å². The third-order valence-electron chi connectivity index (χ3n) is 3.16. The van der Waals surface area contributed by atoms with E-state index in [1.807, 2.05) is 6.92 Å². The fourth-order valence-corrected chi connectivity index (χ4v) is 1.55. The number of carbonyl (C=O) groups is 2. The minimum atomic E-state index is -0.885. The minimum Gasteiger partial charge on any atom is -0.369 e. The molecule has 98 valence electrons. The van der Waals surface area contributed by atoms with E-state index in [0.29, 0.717) is 17.7 Å². The minimum absolute atomic E-state index is 0.0819. The number of hydrogen-bond donors (Lipinski definition) is 1. The molecule has 1 rings (SSSR count). The summed E-state index contributed by atoms with van der Waals surface area (Å²) in [5.41, 5.74) is 0.135. The van der Waals surface area contributed by atoms with Crippen LogP contribution in [0.2, 0.25) is 0 Å². The number of Topliss-reactive ketones (excluding diaryl/α,β-unsaturated/α-hetero) is 1. The summed E-state index contributed by atoms with van der Waals surface area (Å²) in [5.74, 6) is -0.331. The van der Waals surface area contributed by atoms with Gasteiger partial charge >= 0.3 is 0 Å². The van der Waals surface area contributed by atoms with Crippen LogP contribution in [-0.2, 0) is 9.53 Å². The van der Waals surface area contributed by atoms with Crippen molar-refractivity contribution in [3.05, 3.63) is 29.8 Å². The highest BCUT2D eigenvalue weighted by Crippen LogP contribution is 2.20. The number of anilines is 1. The molecule has 18 heavy (non-hydrogen) atoms. The second kappa shape index (κ2) is 5.78. The van der Waals surface area contributed by atoms with E-state index in [0.717, 1.165) is 0 Å². The molecule has 0 heterocycles. The van der Waals surface area contributed by atoms with Gasteiger partial charge in [-0.25, -0.2) is 0 Å². The van der Waals surface area contributed by atoms with Crippen molar-refractivity contribution in [1.82, 2.24) is 0 Å². The molecule has 1 aromatic rings. The van der Waals surface area contributed by atoms with E-state index < -0.39 is 5.60 Å². The van der Waals surface area contributed by atoms with Crippen LogP contribution in [0.5, 0.6) is 0 Å². The van der Waals surface area contributed by atoms with Gasteiger partial charge in [-0.1, -0.05) is 19.1 Å². The summed E-state index contributed by atoms with van der Waals surface area (Å²) in [4.78, 5) is 23.6. The Morgan fingerprint density at radius 1 is 1.33 bits per heavy atom. The summed E-state index contributed by atoms with van der Waals surface area (Å²) in [6.45, 7) is 5.07. The summed E-state index contributed by atoms with van der Waals surface area (Å²) in [6.07, 6.45) is 0.553. The quantitative estimate of drug-likeness (QED) is 0.816. The Kier molecular flexibility index (Phi) is 4.62. The second-order valence-electron chi connectivity index (χ2n) is 4.34. The van der Waals surface area contributed by atoms with Crippen LogP contribution in [-0.4, -0.2) is 24.4 Å². The zero-order valence-electron chi connectivity index (χ0n) is 11.2. The molecule has 1 amide bonds. The predicted molar refractivity (Wildman–Crippen MR) is 70.8 cm³/mol. The van der Waals surface area contributed by atoms with Gasteiger partial charge in [0.05, 0.1) is 5.69 Å². The molecule has 0 spiro atoms. The molecule has 0 aliphatic carbocycles. The number of ketones is 1. The molecule has 0 saturated carbocycles. The molecule has 0 aliphatic rings. The van der Waals surface area contributed by atoms with Crippen LogP contribution in [0.1, 0.15) is 37.6 Å². The first-order chi connectivity index (χ1) is 8.44. The zero-order chi connectivity index (χ0) is 13.8. The van der Waals surface area contributed by atoms with Crippen molar-refractivity contribution in [1.29, 1.82) is 0 Å². The largest absolute Gasteiger partial charge is 0.369 e. The van der Waals surface area contributed by atoms with Gasteiger partial charge in [-0.15, -0.1) is 0 Å². The number of benzene rings is 1. The SMILES string of the molecule is CCC(C)(OC)C(=O)Nc1ccccc1C(C)=O. The maximum atomic E-state index is 12.1. The van der Waals surface area contributed by atoms with E-state index in [9.17, 15) is 9.59 Å². The van der Waals surface area contributed by atoms with Crippen LogP contribution in [0.3, 0.4) is 0 Å².